The Morgan fingerprint density at radius 1 is 1.06 bits per heavy atom. The van der Waals surface area contributed by atoms with Gasteiger partial charge in [0.15, 0.2) is 0 Å². The van der Waals surface area contributed by atoms with E-state index in [1.54, 1.807) is 18.2 Å². The van der Waals surface area contributed by atoms with Crippen molar-refractivity contribution in [2.75, 3.05) is 0 Å². The Balaban J connectivity index is 2.43. The second-order valence-electron chi connectivity index (χ2n) is 3.54. The first-order valence-corrected chi connectivity index (χ1v) is 5.38. The van der Waals surface area contributed by atoms with Crippen molar-refractivity contribution in [1.29, 1.82) is 0 Å². The van der Waals surface area contributed by atoms with Gasteiger partial charge in [-0.3, -0.25) is 10.9 Å². The fraction of sp³-hybridized carbons (Fsp3) is 0.0769. The van der Waals surface area contributed by atoms with Crippen LogP contribution in [0.2, 0.25) is 0 Å². The topological polar surface area (TPSA) is 30.5 Å². The molecule has 4 nitrogen and oxygen atoms in total. The summed E-state index contributed by atoms with van der Waals surface area (Å²) in [5.41, 5.74) is 10.4. The zero-order valence-electron chi connectivity index (χ0n) is 9.90. The highest BCUT2D eigenvalue weighted by Crippen LogP contribution is 2.31. The Hall–Kier alpha value is -2.36. The average molecular weight is 228 g/mol. The van der Waals surface area contributed by atoms with Gasteiger partial charge in [-0.15, -0.1) is 0 Å². The van der Waals surface area contributed by atoms with Crippen LogP contribution in [0.3, 0.4) is 0 Å². The highest BCUT2D eigenvalue weighted by molar-refractivity contribution is 5.41. The molecule has 17 heavy (non-hydrogen) atoms. The third-order valence-electron chi connectivity index (χ3n) is 2.62. The van der Waals surface area contributed by atoms with Crippen molar-refractivity contribution in [3.8, 4) is 0 Å². The predicted molar refractivity (Wildman–Crippen MR) is 69.4 cm³/mol. The molecule has 0 aromatic heterocycles. The molecular weight excluding hydrogens is 212 g/mol. The van der Waals surface area contributed by atoms with E-state index in [-0.39, 0.29) is 0 Å². The van der Waals surface area contributed by atoms with Crippen molar-refractivity contribution in [2.45, 2.75) is 6.92 Å². The highest BCUT2D eigenvalue weighted by Gasteiger charge is 2.36. The van der Waals surface area contributed by atoms with E-state index < -0.39 is 0 Å². The van der Waals surface area contributed by atoms with Gasteiger partial charge < -0.3 is 0 Å². The molecule has 0 aromatic rings. The van der Waals surface area contributed by atoms with E-state index in [0.717, 1.165) is 22.8 Å². The standard InChI is InChI=1S/C13H16N4/c1-5-9-13-11(7-3)15-16-12(8-4)10(6-2)14-17(13)16/h5-9,14-15H,1-2,4H2,3H3/b11-7+,13-9+. The number of nitrogens with one attached hydrogen (secondary N) is 2. The predicted octanol–water partition coefficient (Wildman–Crippen LogP) is 2.10. The first-order chi connectivity index (χ1) is 8.26. The summed E-state index contributed by atoms with van der Waals surface area (Å²) < 4.78 is 0. The molecule has 1 fully saturated rings. The number of rotatable bonds is 3. The zero-order chi connectivity index (χ0) is 12.4. The van der Waals surface area contributed by atoms with Crippen molar-refractivity contribution in [2.24, 2.45) is 0 Å². The minimum absolute atomic E-state index is 0.914. The van der Waals surface area contributed by atoms with Crippen LogP contribution in [0.25, 0.3) is 0 Å². The van der Waals surface area contributed by atoms with Crippen molar-refractivity contribution in [3.63, 3.8) is 0 Å². The van der Waals surface area contributed by atoms with E-state index in [2.05, 4.69) is 30.6 Å². The average Bonchev–Trinajstić information content (AvgIpc) is 2.85. The summed E-state index contributed by atoms with van der Waals surface area (Å²) in [6, 6.07) is 0. The van der Waals surface area contributed by atoms with Gasteiger partial charge in [0.05, 0.1) is 11.4 Å². The minimum Gasteiger partial charge on any atom is -0.276 e. The van der Waals surface area contributed by atoms with Gasteiger partial charge in [0, 0.05) is 0 Å². The number of allylic oxidation sites excluding steroid dienone is 5. The summed E-state index contributed by atoms with van der Waals surface area (Å²) in [5.74, 6) is 0. The molecule has 0 aromatic carbocycles. The summed E-state index contributed by atoms with van der Waals surface area (Å²) >= 11 is 0. The van der Waals surface area contributed by atoms with Crippen LogP contribution in [0.5, 0.6) is 0 Å². The summed E-state index contributed by atoms with van der Waals surface area (Å²) in [7, 11) is 0. The first-order valence-electron chi connectivity index (χ1n) is 5.38. The van der Waals surface area contributed by atoms with E-state index in [1.807, 2.05) is 29.3 Å². The van der Waals surface area contributed by atoms with Crippen LogP contribution in [0, 0.1) is 0 Å². The van der Waals surface area contributed by atoms with Gasteiger partial charge in [-0.25, -0.2) is 0 Å². The Labute approximate surface area is 101 Å². The van der Waals surface area contributed by atoms with Gasteiger partial charge >= 0.3 is 0 Å². The fourth-order valence-electron chi connectivity index (χ4n) is 1.84. The molecule has 2 aliphatic rings. The third-order valence-corrected chi connectivity index (χ3v) is 2.62. The van der Waals surface area contributed by atoms with Crippen molar-refractivity contribution >= 4 is 0 Å². The second-order valence-corrected chi connectivity index (χ2v) is 3.54. The zero-order valence-corrected chi connectivity index (χ0v) is 9.90. The van der Waals surface area contributed by atoms with E-state index in [1.165, 1.54) is 0 Å². The fourth-order valence-corrected chi connectivity index (χ4v) is 1.84. The lowest BCUT2D eigenvalue weighted by Gasteiger charge is -2.22. The molecule has 0 spiro atoms. The summed E-state index contributed by atoms with van der Waals surface area (Å²) in [4.78, 5) is 0. The maximum atomic E-state index is 3.81. The number of hydrazine groups is 3. The van der Waals surface area contributed by atoms with Gasteiger partial charge in [0.25, 0.3) is 0 Å². The van der Waals surface area contributed by atoms with Crippen molar-refractivity contribution in [1.82, 2.24) is 21.1 Å². The Morgan fingerprint density at radius 3 is 2.35 bits per heavy atom. The van der Waals surface area contributed by atoms with Crippen LogP contribution in [0.1, 0.15) is 6.92 Å². The molecule has 0 saturated carbocycles. The molecule has 4 heteroatoms. The Morgan fingerprint density at radius 2 is 1.82 bits per heavy atom. The number of hydrogen-bond donors (Lipinski definition) is 2. The molecule has 0 amide bonds. The molecule has 0 aliphatic carbocycles. The molecule has 2 N–H and O–H groups in total. The SMILES string of the molecule is C=C/C=C1\C(=C/C)NN2C(C=C)=C(C=C)NN12. The molecule has 0 atom stereocenters. The van der Waals surface area contributed by atoms with Crippen LogP contribution in [-0.4, -0.2) is 10.2 Å². The quantitative estimate of drug-likeness (QED) is 0.774. The molecular formula is C13H16N4. The maximum absolute atomic E-state index is 3.81. The molecule has 1 saturated heterocycles. The monoisotopic (exact) mass is 228 g/mol. The molecule has 88 valence electrons. The molecule has 0 radical (unpaired) electrons. The Kier molecular flexibility index (Phi) is 2.78. The number of hydrogen-bond acceptors (Lipinski definition) is 4. The van der Waals surface area contributed by atoms with E-state index >= 15 is 0 Å². The first kappa shape index (κ1) is 11.1. The minimum atomic E-state index is 0.914. The normalized spacial score (nSPS) is 22.6. The third kappa shape index (κ3) is 1.54. The molecule has 2 aliphatic heterocycles. The smallest absolute Gasteiger partial charge is 0.108 e. The van der Waals surface area contributed by atoms with Crippen molar-refractivity contribution < 1.29 is 0 Å². The molecule has 2 heterocycles. The van der Waals surface area contributed by atoms with Crippen molar-refractivity contribution in [3.05, 3.63) is 72.9 Å². The summed E-state index contributed by atoms with van der Waals surface area (Å²) in [6.45, 7) is 13.3. The lowest BCUT2D eigenvalue weighted by atomic mass is 10.3. The lowest BCUT2D eigenvalue weighted by molar-refractivity contribution is 0.0442. The number of nitrogens with zero attached hydrogens (tertiary/aromatic N) is 2. The Bertz CT molecular complexity index is 468. The van der Waals surface area contributed by atoms with Gasteiger partial charge in [-0.1, -0.05) is 31.9 Å². The van der Waals surface area contributed by atoms with Gasteiger partial charge in [-0.2, -0.15) is 10.2 Å². The van der Waals surface area contributed by atoms with Crippen LogP contribution >= 0.6 is 0 Å². The second kappa shape index (κ2) is 4.25. The summed E-state index contributed by atoms with van der Waals surface area (Å²) in [5, 5.41) is 3.78. The van der Waals surface area contributed by atoms with Gasteiger partial charge in [0.2, 0.25) is 0 Å². The van der Waals surface area contributed by atoms with Crippen LogP contribution in [0.4, 0.5) is 0 Å². The maximum Gasteiger partial charge on any atom is 0.108 e. The number of fused-ring (bicyclic) bond motifs is 1. The molecule has 0 bridgehead atoms. The molecule has 0 unspecified atom stereocenters. The molecule has 2 rings (SSSR count). The summed E-state index contributed by atoms with van der Waals surface area (Å²) in [6.07, 6.45) is 9.23. The van der Waals surface area contributed by atoms with E-state index in [9.17, 15) is 0 Å². The largest absolute Gasteiger partial charge is 0.276 e. The van der Waals surface area contributed by atoms with E-state index in [4.69, 9.17) is 0 Å². The highest BCUT2D eigenvalue weighted by atomic mass is 16.0. The van der Waals surface area contributed by atoms with Crippen LogP contribution in [-0.2, 0) is 0 Å². The van der Waals surface area contributed by atoms with Gasteiger partial charge in [0.1, 0.15) is 11.4 Å². The van der Waals surface area contributed by atoms with Crippen LogP contribution in [0.15, 0.2) is 72.9 Å². The van der Waals surface area contributed by atoms with E-state index in [0.29, 0.717) is 0 Å². The lowest BCUT2D eigenvalue weighted by Crippen LogP contribution is -2.40. The van der Waals surface area contributed by atoms with Gasteiger partial charge in [-0.05, 0) is 25.2 Å². The van der Waals surface area contributed by atoms with Crippen LogP contribution < -0.4 is 10.9 Å².